The number of halogens is 1. The lowest BCUT2D eigenvalue weighted by Crippen LogP contribution is -1.98. The molecule has 0 aliphatic rings. The van der Waals surface area contributed by atoms with Gasteiger partial charge in [0.15, 0.2) is 0 Å². The third kappa shape index (κ3) is 10.2. The molecule has 0 aliphatic carbocycles. The van der Waals surface area contributed by atoms with E-state index in [1.165, 1.54) is 0 Å². The van der Waals surface area contributed by atoms with Crippen LogP contribution in [-0.2, 0) is 13.5 Å². The second kappa shape index (κ2) is 5.80. The third-order valence-electron chi connectivity index (χ3n) is 1.22. The average molecular weight is 201 g/mol. The van der Waals surface area contributed by atoms with Gasteiger partial charge in [-0.2, -0.15) is 8.42 Å². The van der Waals surface area contributed by atoms with Gasteiger partial charge in [0.1, 0.15) is 0 Å². The van der Waals surface area contributed by atoms with Crippen molar-refractivity contribution in [2.24, 2.45) is 0 Å². The molecule has 0 aromatic heterocycles. The van der Waals surface area contributed by atoms with Crippen LogP contribution in [-0.4, -0.2) is 15.0 Å². The van der Waals surface area contributed by atoms with Gasteiger partial charge in [-0.05, 0) is 6.42 Å². The first-order valence-corrected chi connectivity index (χ1v) is 5.88. The molecular weight excluding hydrogens is 188 g/mol. The summed E-state index contributed by atoms with van der Waals surface area (Å²) in [5, 5.41) is 0. The van der Waals surface area contributed by atoms with Gasteiger partial charge in [-0.15, -0.1) is 0 Å². The quantitative estimate of drug-likeness (QED) is 0.487. The van der Waals surface area contributed by atoms with Crippen molar-refractivity contribution >= 4 is 20.0 Å². The van der Waals surface area contributed by atoms with E-state index in [-0.39, 0.29) is 6.61 Å². The van der Waals surface area contributed by atoms with Gasteiger partial charge in [0.05, 0.1) is 6.61 Å². The Morgan fingerprint density at radius 2 is 1.91 bits per heavy atom. The Labute approximate surface area is 72.3 Å². The molecule has 0 bridgehead atoms. The van der Waals surface area contributed by atoms with Gasteiger partial charge in [-0.25, -0.2) is 0 Å². The highest BCUT2D eigenvalue weighted by atomic mass is 35.7. The van der Waals surface area contributed by atoms with E-state index in [1.54, 1.807) is 0 Å². The van der Waals surface area contributed by atoms with Gasteiger partial charge in [0, 0.05) is 10.7 Å². The molecule has 0 aliphatic heterocycles. The molecule has 68 valence electrons. The number of unbranched alkanes of at least 4 members (excludes halogenated alkanes) is 3. The molecule has 11 heavy (non-hydrogen) atoms. The molecule has 5 heteroatoms. The molecule has 3 nitrogen and oxygen atoms in total. The van der Waals surface area contributed by atoms with E-state index in [9.17, 15) is 8.42 Å². The van der Waals surface area contributed by atoms with Gasteiger partial charge in [0.25, 0.3) is 0 Å². The lowest BCUT2D eigenvalue weighted by Gasteiger charge is -1.97. The van der Waals surface area contributed by atoms with Crippen LogP contribution in [0.25, 0.3) is 0 Å². The maximum atomic E-state index is 10.2. The average Bonchev–Trinajstić information content (AvgIpc) is 1.85. The Morgan fingerprint density at radius 3 is 2.36 bits per heavy atom. The van der Waals surface area contributed by atoms with Crippen LogP contribution in [0.1, 0.15) is 32.6 Å². The fraction of sp³-hybridized carbons (Fsp3) is 1.00. The van der Waals surface area contributed by atoms with Crippen molar-refractivity contribution in [3.8, 4) is 0 Å². The van der Waals surface area contributed by atoms with Gasteiger partial charge in [-0.3, -0.25) is 4.18 Å². The van der Waals surface area contributed by atoms with E-state index in [0.29, 0.717) is 0 Å². The first-order valence-electron chi connectivity index (χ1n) is 3.65. The minimum absolute atomic E-state index is 0.200. The highest BCUT2D eigenvalue weighted by molar-refractivity contribution is 8.09. The largest absolute Gasteiger partial charge is 0.355 e. The van der Waals surface area contributed by atoms with E-state index in [0.717, 1.165) is 25.7 Å². The standard InChI is InChI=1S/C6H13ClO3S/c1-2-3-4-5-6-10-11(7,8)9/h2-6H2,1H3. The maximum absolute atomic E-state index is 10.2. The number of hydrogen-bond donors (Lipinski definition) is 0. The topological polar surface area (TPSA) is 43.4 Å². The zero-order valence-corrected chi connectivity index (χ0v) is 8.12. The lowest BCUT2D eigenvalue weighted by molar-refractivity contribution is 0.316. The van der Waals surface area contributed by atoms with Crippen LogP contribution in [0.3, 0.4) is 0 Å². The molecule has 0 saturated heterocycles. The summed E-state index contributed by atoms with van der Waals surface area (Å²) in [6, 6.07) is 0. The molecule has 0 spiro atoms. The van der Waals surface area contributed by atoms with Crippen LogP contribution in [0.2, 0.25) is 0 Å². The first kappa shape index (κ1) is 11.2. The molecule has 0 aromatic carbocycles. The monoisotopic (exact) mass is 200 g/mol. The minimum Gasteiger partial charge on any atom is -0.258 e. The molecule has 0 radical (unpaired) electrons. The van der Waals surface area contributed by atoms with Gasteiger partial charge in [-0.1, -0.05) is 26.2 Å². The molecule has 0 fully saturated rings. The molecule has 0 atom stereocenters. The maximum Gasteiger partial charge on any atom is 0.355 e. The van der Waals surface area contributed by atoms with Crippen molar-refractivity contribution in [3.05, 3.63) is 0 Å². The summed E-state index contributed by atoms with van der Waals surface area (Å²) in [7, 11) is 1.06. The van der Waals surface area contributed by atoms with Crippen molar-refractivity contribution in [2.45, 2.75) is 32.6 Å². The van der Waals surface area contributed by atoms with Crippen molar-refractivity contribution in [1.82, 2.24) is 0 Å². The Hall–Kier alpha value is 0.200. The van der Waals surface area contributed by atoms with Gasteiger partial charge >= 0.3 is 9.33 Å². The fourth-order valence-electron chi connectivity index (χ4n) is 0.687. The van der Waals surface area contributed by atoms with Gasteiger partial charge in [0.2, 0.25) is 0 Å². The molecule has 0 N–H and O–H groups in total. The van der Waals surface area contributed by atoms with Crippen LogP contribution in [0, 0.1) is 0 Å². The van der Waals surface area contributed by atoms with Crippen molar-refractivity contribution in [1.29, 1.82) is 0 Å². The smallest absolute Gasteiger partial charge is 0.258 e. The normalized spacial score (nSPS) is 11.8. The van der Waals surface area contributed by atoms with Gasteiger partial charge < -0.3 is 0 Å². The van der Waals surface area contributed by atoms with E-state index in [4.69, 9.17) is 10.7 Å². The summed E-state index contributed by atoms with van der Waals surface area (Å²) < 4.78 is 24.7. The molecule has 0 amide bonds. The SMILES string of the molecule is CCCCCCOS(=O)(=O)Cl. The van der Waals surface area contributed by atoms with E-state index in [1.807, 2.05) is 0 Å². The Morgan fingerprint density at radius 1 is 1.27 bits per heavy atom. The molecule has 0 rings (SSSR count). The molecule has 0 aromatic rings. The van der Waals surface area contributed by atoms with Crippen LogP contribution >= 0.6 is 10.7 Å². The van der Waals surface area contributed by atoms with Crippen LogP contribution in [0.5, 0.6) is 0 Å². The number of hydrogen-bond acceptors (Lipinski definition) is 3. The summed E-state index contributed by atoms with van der Waals surface area (Å²) >= 11 is 0. The van der Waals surface area contributed by atoms with Crippen molar-refractivity contribution in [2.75, 3.05) is 6.61 Å². The minimum atomic E-state index is -3.74. The molecule has 0 unspecified atom stereocenters. The van der Waals surface area contributed by atoms with Crippen LogP contribution in [0.4, 0.5) is 0 Å². The van der Waals surface area contributed by atoms with E-state index >= 15 is 0 Å². The van der Waals surface area contributed by atoms with Crippen molar-refractivity contribution in [3.63, 3.8) is 0 Å². The molecule has 0 heterocycles. The zero-order chi connectivity index (χ0) is 8.74. The Kier molecular flexibility index (Phi) is 5.91. The third-order valence-corrected chi connectivity index (χ3v) is 1.94. The second-order valence-corrected chi connectivity index (χ2v) is 4.43. The molecular formula is C6H13ClO3S. The lowest BCUT2D eigenvalue weighted by atomic mass is 10.2. The second-order valence-electron chi connectivity index (χ2n) is 2.28. The first-order chi connectivity index (χ1) is 5.06. The summed E-state index contributed by atoms with van der Waals surface area (Å²) in [5.74, 6) is 0. The zero-order valence-electron chi connectivity index (χ0n) is 6.55. The van der Waals surface area contributed by atoms with Crippen LogP contribution < -0.4 is 0 Å². The number of rotatable bonds is 6. The highest BCUT2D eigenvalue weighted by Crippen LogP contribution is 2.03. The van der Waals surface area contributed by atoms with E-state index in [2.05, 4.69) is 11.1 Å². The Balaban J connectivity index is 3.16. The predicted octanol–water partition coefficient (Wildman–Crippen LogP) is 2.07. The van der Waals surface area contributed by atoms with E-state index < -0.39 is 9.33 Å². The summed E-state index contributed by atoms with van der Waals surface area (Å²) in [5.41, 5.74) is 0. The fourth-order valence-corrected chi connectivity index (χ4v) is 1.19. The summed E-state index contributed by atoms with van der Waals surface area (Å²) in [6.45, 7) is 2.28. The highest BCUT2D eigenvalue weighted by Gasteiger charge is 2.02. The van der Waals surface area contributed by atoms with Crippen LogP contribution in [0.15, 0.2) is 0 Å². The predicted molar refractivity (Wildman–Crippen MR) is 44.9 cm³/mol. The van der Waals surface area contributed by atoms with Crippen molar-refractivity contribution < 1.29 is 12.6 Å². The Bertz CT molecular complexity index is 176. The summed E-state index contributed by atoms with van der Waals surface area (Å²) in [6.07, 6.45) is 3.96. The molecule has 0 saturated carbocycles. The summed E-state index contributed by atoms with van der Waals surface area (Å²) in [4.78, 5) is 0.